The molecule has 0 saturated carbocycles. The first kappa shape index (κ1) is 31.1. The molecule has 4 heteroatoms. The molecular formula is C51H32N2O2. The van der Waals surface area contributed by atoms with Crippen LogP contribution in [-0.2, 0) is 0 Å². The summed E-state index contributed by atoms with van der Waals surface area (Å²) in [6.45, 7) is 0. The van der Waals surface area contributed by atoms with Gasteiger partial charge in [-0.3, -0.25) is 0 Å². The summed E-state index contributed by atoms with van der Waals surface area (Å²) < 4.78 is 13.0. The number of aromatic nitrogens is 1. The smallest absolute Gasteiger partial charge is 0.228 e. The zero-order valence-electron chi connectivity index (χ0n) is 29.7. The predicted octanol–water partition coefficient (Wildman–Crippen LogP) is 14.5. The Labute approximate surface area is 317 Å². The zero-order valence-corrected chi connectivity index (χ0v) is 29.7. The number of benzene rings is 9. The minimum atomic E-state index is 0.577. The lowest BCUT2D eigenvalue weighted by Crippen LogP contribution is -2.10. The van der Waals surface area contributed by atoms with Gasteiger partial charge in [0.05, 0.1) is 0 Å². The number of rotatable bonds is 6. The number of fused-ring (bicyclic) bond motifs is 6. The topological polar surface area (TPSA) is 42.4 Å². The van der Waals surface area contributed by atoms with E-state index in [4.69, 9.17) is 13.8 Å². The number of hydrogen-bond acceptors (Lipinski definition) is 4. The molecule has 0 N–H and O–H groups in total. The Morgan fingerprint density at radius 2 is 1.00 bits per heavy atom. The molecule has 55 heavy (non-hydrogen) atoms. The fourth-order valence-corrected chi connectivity index (χ4v) is 7.93. The van der Waals surface area contributed by atoms with E-state index in [0.717, 1.165) is 72.0 Å². The number of nitrogens with zero attached hydrogens (tertiary/aromatic N) is 2. The van der Waals surface area contributed by atoms with Crippen LogP contribution in [0.3, 0.4) is 0 Å². The molecule has 11 aromatic rings. The fraction of sp³-hybridized carbons (Fsp3) is 0. The van der Waals surface area contributed by atoms with E-state index in [1.54, 1.807) is 0 Å². The normalized spacial score (nSPS) is 11.6. The average Bonchev–Trinajstić information content (AvgIpc) is 3.84. The molecule has 9 aromatic carbocycles. The van der Waals surface area contributed by atoms with E-state index in [1.165, 1.54) is 27.5 Å². The maximum atomic E-state index is 6.63. The van der Waals surface area contributed by atoms with Crippen LogP contribution < -0.4 is 4.90 Å². The quantitative estimate of drug-likeness (QED) is 0.173. The summed E-state index contributed by atoms with van der Waals surface area (Å²) in [5, 5.41) is 6.70. The summed E-state index contributed by atoms with van der Waals surface area (Å²) >= 11 is 0. The summed E-state index contributed by atoms with van der Waals surface area (Å²) in [5.74, 6) is 0.577. The van der Waals surface area contributed by atoms with Crippen LogP contribution in [0.25, 0.3) is 88.3 Å². The minimum Gasteiger partial charge on any atom is -0.456 e. The summed E-state index contributed by atoms with van der Waals surface area (Å²) in [5.41, 5.74) is 11.8. The van der Waals surface area contributed by atoms with Crippen LogP contribution in [-0.4, -0.2) is 4.98 Å². The van der Waals surface area contributed by atoms with Crippen LogP contribution in [0.15, 0.2) is 203 Å². The van der Waals surface area contributed by atoms with Gasteiger partial charge in [-0.1, -0.05) is 121 Å². The third kappa shape index (κ3) is 5.43. The summed E-state index contributed by atoms with van der Waals surface area (Å²) in [7, 11) is 0. The van der Waals surface area contributed by atoms with Crippen molar-refractivity contribution in [2.75, 3.05) is 4.90 Å². The van der Waals surface area contributed by atoms with Crippen molar-refractivity contribution in [3.05, 3.63) is 194 Å². The fourth-order valence-electron chi connectivity index (χ4n) is 7.93. The van der Waals surface area contributed by atoms with Crippen molar-refractivity contribution in [1.82, 2.24) is 4.98 Å². The second kappa shape index (κ2) is 12.6. The highest BCUT2D eigenvalue weighted by Gasteiger charge is 2.20. The number of furan rings is 1. The highest BCUT2D eigenvalue weighted by molar-refractivity contribution is 6.13. The number of hydrogen-bond donors (Lipinski definition) is 0. The van der Waals surface area contributed by atoms with Crippen molar-refractivity contribution in [2.24, 2.45) is 0 Å². The predicted molar refractivity (Wildman–Crippen MR) is 227 cm³/mol. The van der Waals surface area contributed by atoms with Crippen LogP contribution in [0.2, 0.25) is 0 Å². The Hall–Kier alpha value is -7.43. The van der Waals surface area contributed by atoms with Gasteiger partial charge >= 0.3 is 0 Å². The van der Waals surface area contributed by atoms with Crippen LogP contribution in [0.5, 0.6) is 0 Å². The molecule has 11 rings (SSSR count). The molecular weight excluding hydrogens is 673 g/mol. The van der Waals surface area contributed by atoms with E-state index in [1.807, 2.05) is 30.3 Å². The largest absolute Gasteiger partial charge is 0.456 e. The Morgan fingerprint density at radius 3 is 1.84 bits per heavy atom. The van der Waals surface area contributed by atoms with Crippen molar-refractivity contribution >= 4 is 71.6 Å². The van der Waals surface area contributed by atoms with Crippen LogP contribution in [0, 0.1) is 0 Å². The summed E-state index contributed by atoms with van der Waals surface area (Å²) in [4.78, 5) is 7.26. The summed E-state index contributed by atoms with van der Waals surface area (Å²) in [6, 6.07) is 68.2. The molecule has 0 unspecified atom stereocenters. The molecule has 0 fully saturated rings. The zero-order chi connectivity index (χ0) is 36.3. The van der Waals surface area contributed by atoms with Gasteiger partial charge in [0.25, 0.3) is 0 Å². The van der Waals surface area contributed by atoms with Crippen molar-refractivity contribution < 1.29 is 8.83 Å². The maximum absolute atomic E-state index is 6.63. The third-order valence-corrected chi connectivity index (χ3v) is 10.6. The molecule has 0 bridgehead atoms. The maximum Gasteiger partial charge on any atom is 0.228 e. The lowest BCUT2D eigenvalue weighted by atomic mass is 10.00. The van der Waals surface area contributed by atoms with Gasteiger partial charge in [-0.15, -0.1) is 0 Å². The molecule has 258 valence electrons. The van der Waals surface area contributed by atoms with E-state index in [9.17, 15) is 0 Å². The van der Waals surface area contributed by atoms with E-state index in [0.29, 0.717) is 5.89 Å². The monoisotopic (exact) mass is 704 g/mol. The van der Waals surface area contributed by atoms with E-state index in [2.05, 4.69) is 169 Å². The molecule has 0 atom stereocenters. The third-order valence-electron chi connectivity index (χ3n) is 10.6. The van der Waals surface area contributed by atoms with Gasteiger partial charge in [0.1, 0.15) is 16.7 Å². The van der Waals surface area contributed by atoms with Gasteiger partial charge < -0.3 is 13.7 Å². The summed E-state index contributed by atoms with van der Waals surface area (Å²) in [6.07, 6.45) is 0. The van der Waals surface area contributed by atoms with Crippen LogP contribution in [0.4, 0.5) is 17.1 Å². The van der Waals surface area contributed by atoms with E-state index >= 15 is 0 Å². The molecule has 4 nitrogen and oxygen atoms in total. The highest BCUT2D eigenvalue weighted by atomic mass is 16.3. The van der Waals surface area contributed by atoms with Gasteiger partial charge in [-0.05, 0) is 111 Å². The second-order valence-corrected chi connectivity index (χ2v) is 14.0. The number of oxazole rings is 1. The Morgan fingerprint density at radius 1 is 0.364 bits per heavy atom. The first-order valence-corrected chi connectivity index (χ1v) is 18.5. The Kier molecular flexibility index (Phi) is 7.14. The SMILES string of the molecule is c1ccc(-c2ccc(N(c3cccc(-c4ccc5ccccc5c4)c3)c3ccc4c(c3)oc3cccc(-c5nc6cc7ccccc7cc6o5)c34)cc2)cc1. The minimum absolute atomic E-state index is 0.577. The van der Waals surface area contributed by atoms with Gasteiger partial charge in [-0.2, -0.15) is 0 Å². The average molecular weight is 705 g/mol. The Bertz CT molecular complexity index is 3160. The van der Waals surface area contributed by atoms with Crippen LogP contribution in [0.1, 0.15) is 0 Å². The van der Waals surface area contributed by atoms with Crippen molar-refractivity contribution in [3.8, 4) is 33.7 Å². The first-order valence-electron chi connectivity index (χ1n) is 18.5. The lowest BCUT2D eigenvalue weighted by molar-refractivity contribution is 0.620. The standard InChI is InChI=1S/C51H32N2O2/c1-2-10-33(11-3-1)35-22-24-41(25-23-35)53(42-17-8-16-37(29-42)40-21-20-34-12-4-5-13-36(34)28-40)43-26-27-44-48(32-43)54-47-19-9-18-45(50(44)47)51-52-46-30-38-14-6-7-15-39(38)31-49(46)55-51/h1-32H. The Balaban J connectivity index is 1.04. The van der Waals surface area contributed by atoms with Crippen LogP contribution >= 0.6 is 0 Å². The molecule has 2 heterocycles. The van der Waals surface area contributed by atoms with E-state index in [-0.39, 0.29) is 0 Å². The van der Waals surface area contributed by atoms with Crippen molar-refractivity contribution in [1.29, 1.82) is 0 Å². The van der Waals surface area contributed by atoms with Gasteiger partial charge in [-0.25, -0.2) is 4.98 Å². The molecule has 0 aliphatic carbocycles. The van der Waals surface area contributed by atoms with Crippen molar-refractivity contribution in [3.63, 3.8) is 0 Å². The van der Waals surface area contributed by atoms with Gasteiger partial charge in [0, 0.05) is 39.5 Å². The molecule has 0 amide bonds. The molecule has 0 aliphatic rings. The van der Waals surface area contributed by atoms with Gasteiger partial charge in [0.2, 0.25) is 5.89 Å². The van der Waals surface area contributed by atoms with E-state index < -0.39 is 0 Å². The molecule has 0 aliphatic heterocycles. The highest BCUT2D eigenvalue weighted by Crippen LogP contribution is 2.43. The molecule has 0 spiro atoms. The molecule has 0 saturated heterocycles. The molecule has 0 radical (unpaired) electrons. The second-order valence-electron chi connectivity index (χ2n) is 14.0. The first-order chi connectivity index (χ1) is 27.2. The molecule has 2 aromatic heterocycles. The number of anilines is 3. The van der Waals surface area contributed by atoms with Crippen molar-refractivity contribution in [2.45, 2.75) is 0 Å². The van der Waals surface area contributed by atoms with Gasteiger partial charge in [0.15, 0.2) is 5.58 Å². The lowest BCUT2D eigenvalue weighted by Gasteiger charge is -2.26.